The maximum atomic E-state index is 11.4. The van der Waals surface area contributed by atoms with Gasteiger partial charge >= 0.3 is 5.97 Å². The Morgan fingerprint density at radius 3 is 2.69 bits per heavy atom. The van der Waals surface area contributed by atoms with Crippen molar-refractivity contribution in [3.8, 4) is 28.6 Å². The van der Waals surface area contributed by atoms with Gasteiger partial charge in [0.25, 0.3) is 0 Å². The Balaban J connectivity index is 1.39. The lowest BCUT2D eigenvalue weighted by atomic mass is 9.99. The molecule has 6 heteroatoms. The molecule has 1 aromatic heterocycles. The zero-order chi connectivity index (χ0) is 22.1. The largest absolute Gasteiger partial charge is 0.493 e. The van der Waals surface area contributed by atoms with Crippen LogP contribution in [-0.2, 0) is 12.8 Å². The Hall–Kier alpha value is -3.93. The summed E-state index contributed by atoms with van der Waals surface area (Å²) in [5.74, 6) is 1.95. The van der Waals surface area contributed by atoms with E-state index in [1.165, 1.54) is 0 Å². The first kappa shape index (κ1) is 20.0. The van der Waals surface area contributed by atoms with Gasteiger partial charge in [0.05, 0.1) is 12.7 Å². The topological polar surface area (TPSA) is 78.1 Å². The van der Waals surface area contributed by atoms with E-state index in [-0.39, 0.29) is 6.79 Å². The average Bonchev–Trinajstić information content (AvgIpc) is 3.45. The number of hydrogen-bond donors (Lipinski definition) is 1. The van der Waals surface area contributed by atoms with E-state index < -0.39 is 5.97 Å². The molecular weight excluding hydrogens is 408 g/mol. The van der Waals surface area contributed by atoms with Gasteiger partial charge in [-0.2, -0.15) is 0 Å². The Morgan fingerprint density at radius 2 is 1.84 bits per heavy atom. The standard InChI is InChI=1S/C26H22O6/c1-29-24-12-16(5-4-7-17-6-2-3-8-20(17)26(27)28)11-19-14-22(32-25(19)24)18-9-10-21-23(13-18)31-15-30-21/h2-3,6,8-14H,4-5,7,15H2,1H3,(H,27,28). The van der Waals surface area contributed by atoms with Crippen LogP contribution in [0.25, 0.3) is 22.3 Å². The molecule has 4 aromatic rings. The number of fused-ring (bicyclic) bond motifs is 2. The van der Waals surface area contributed by atoms with Crippen molar-refractivity contribution >= 4 is 16.9 Å². The minimum Gasteiger partial charge on any atom is -0.493 e. The van der Waals surface area contributed by atoms with Crippen LogP contribution >= 0.6 is 0 Å². The van der Waals surface area contributed by atoms with Crippen LogP contribution in [0.15, 0.2) is 65.1 Å². The number of ether oxygens (including phenoxy) is 3. The van der Waals surface area contributed by atoms with Gasteiger partial charge in [0.15, 0.2) is 22.8 Å². The number of hydrogen-bond acceptors (Lipinski definition) is 5. The number of methoxy groups -OCH3 is 1. The van der Waals surface area contributed by atoms with Crippen LogP contribution in [0, 0.1) is 0 Å². The lowest BCUT2D eigenvalue weighted by Gasteiger charge is -2.08. The summed E-state index contributed by atoms with van der Waals surface area (Å²) in [4.78, 5) is 11.4. The quantitative estimate of drug-likeness (QED) is 0.405. The van der Waals surface area contributed by atoms with Gasteiger partial charge in [0.2, 0.25) is 6.79 Å². The molecule has 0 saturated carbocycles. The molecule has 32 heavy (non-hydrogen) atoms. The summed E-state index contributed by atoms with van der Waals surface area (Å²) in [6, 6.07) is 19.0. The number of carboxylic acids is 1. The first-order valence-corrected chi connectivity index (χ1v) is 10.4. The first-order valence-electron chi connectivity index (χ1n) is 10.4. The second-order valence-electron chi connectivity index (χ2n) is 7.71. The summed E-state index contributed by atoms with van der Waals surface area (Å²) in [7, 11) is 1.63. The molecular formula is C26H22O6. The van der Waals surface area contributed by atoms with Crippen LogP contribution in [0.5, 0.6) is 17.2 Å². The number of carboxylic acid groups (broad SMARTS) is 1. The average molecular weight is 430 g/mol. The van der Waals surface area contributed by atoms with Crippen LogP contribution in [-0.4, -0.2) is 25.0 Å². The molecule has 0 unspecified atom stereocenters. The fourth-order valence-electron chi connectivity index (χ4n) is 4.10. The number of carbonyl (C=O) groups is 1. The number of benzene rings is 3. The van der Waals surface area contributed by atoms with E-state index in [1.807, 2.05) is 42.5 Å². The van der Waals surface area contributed by atoms with Gasteiger partial charge in [-0.05, 0) is 72.9 Å². The van der Waals surface area contributed by atoms with Gasteiger partial charge in [-0.25, -0.2) is 4.79 Å². The van der Waals surface area contributed by atoms with Gasteiger partial charge < -0.3 is 23.7 Å². The molecule has 0 spiro atoms. The molecule has 162 valence electrons. The number of aromatic carboxylic acids is 1. The highest BCUT2D eigenvalue weighted by Gasteiger charge is 2.17. The zero-order valence-corrected chi connectivity index (χ0v) is 17.6. The smallest absolute Gasteiger partial charge is 0.335 e. The maximum Gasteiger partial charge on any atom is 0.335 e. The summed E-state index contributed by atoms with van der Waals surface area (Å²) in [5.41, 5.74) is 3.92. The molecule has 2 heterocycles. The third kappa shape index (κ3) is 3.75. The van der Waals surface area contributed by atoms with Crippen molar-refractivity contribution in [2.75, 3.05) is 13.9 Å². The van der Waals surface area contributed by atoms with Crippen molar-refractivity contribution in [1.29, 1.82) is 0 Å². The van der Waals surface area contributed by atoms with Crippen LogP contribution in [0.2, 0.25) is 0 Å². The Morgan fingerprint density at radius 1 is 1.00 bits per heavy atom. The molecule has 0 atom stereocenters. The van der Waals surface area contributed by atoms with Gasteiger partial charge in [0, 0.05) is 10.9 Å². The summed E-state index contributed by atoms with van der Waals surface area (Å²) in [6.45, 7) is 0.229. The highest BCUT2D eigenvalue weighted by molar-refractivity contribution is 5.89. The van der Waals surface area contributed by atoms with Gasteiger partial charge in [-0.3, -0.25) is 0 Å². The molecule has 0 fully saturated rings. The normalized spacial score (nSPS) is 12.3. The number of furan rings is 1. The van der Waals surface area contributed by atoms with Crippen LogP contribution in [0.3, 0.4) is 0 Å². The van der Waals surface area contributed by atoms with E-state index in [4.69, 9.17) is 18.6 Å². The van der Waals surface area contributed by atoms with Crippen molar-refractivity contribution in [2.45, 2.75) is 19.3 Å². The number of rotatable bonds is 7. The molecule has 0 saturated heterocycles. The molecule has 3 aromatic carbocycles. The van der Waals surface area contributed by atoms with E-state index in [9.17, 15) is 9.90 Å². The monoisotopic (exact) mass is 430 g/mol. The molecule has 1 aliphatic rings. The van der Waals surface area contributed by atoms with Crippen LogP contribution in [0.1, 0.15) is 27.9 Å². The molecule has 0 bridgehead atoms. The Labute approximate surface area is 185 Å². The third-order valence-corrected chi connectivity index (χ3v) is 5.68. The molecule has 0 amide bonds. The Bertz CT molecular complexity index is 1300. The SMILES string of the molecule is COc1cc(CCCc2ccccc2C(=O)O)cc2cc(-c3ccc4c(c3)OCO4)oc12. The molecule has 1 N–H and O–H groups in total. The molecule has 5 rings (SSSR count). The van der Waals surface area contributed by atoms with E-state index in [0.29, 0.717) is 29.1 Å². The molecule has 0 radical (unpaired) electrons. The third-order valence-electron chi connectivity index (χ3n) is 5.68. The van der Waals surface area contributed by atoms with Crippen molar-refractivity contribution in [2.24, 2.45) is 0 Å². The zero-order valence-electron chi connectivity index (χ0n) is 17.6. The lowest BCUT2D eigenvalue weighted by molar-refractivity contribution is 0.0695. The first-order chi connectivity index (χ1) is 15.6. The highest BCUT2D eigenvalue weighted by atomic mass is 16.7. The minimum atomic E-state index is -0.891. The van der Waals surface area contributed by atoms with Crippen LogP contribution < -0.4 is 14.2 Å². The molecule has 6 nitrogen and oxygen atoms in total. The minimum absolute atomic E-state index is 0.229. The van der Waals surface area contributed by atoms with E-state index in [1.54, 1.807) is 19.2 Å². The van der Waals surface area contributed by atoms with E-state index in [0.717, 1.165) is 46.4 Å². The summed E-state index contributed by atoms with van der Waals surface area (Å²) in [6.07, 6.45) is 2.31. The number of aryl methyl sites for hydroxylation is 2. The van der Waals surface area contributed by atoms with Crippen molar-refractivity contribution < 1.29 is 28.5 Å². The van der Waals surface area contributed by atoms with Crippen molar-refractivity contribution in [3.63, 3.8) is 0 Å². The second-order valence-corrected chi connectivity index (χ2v) is 7.71. The maximum absolute atomic E-state index is 11.4. The van der Waals surface area contributed by atoms with Gasteiger partial charge in [-0.1, -0.05) is 18.2 Å². The summed E-state index contributed by atoms with van der Waals surface area (Å²) >= 11 is 0. The van der Waals surface area contributed by atoms with Gasteiger partial charge in [0.1, 0.15) is 5.76 Å². The predicted octanol–water partition coefficient (Wildman–Crippen LogP) is 5.71. The van der Waals surface area contributed by atoms with Crippen molar-refractivity contribution in [1.82, 2.24) is 0 Å². The fourth-order valence-corrected chi connectivity index (χ4v) is 4.10. The van der Waals surface area contributed by atoms with Gasteiger partial charge in [-0.15, -0.1) is 0 Å². The van der Waals surface area contributed by atoms with Crippen LogP contribution in [0.4, 0.5) is 0 Å². The highest BCUT2D eigenvalue weighted by Crippen LogP contribution is 2.39. The van der Waals surface area contributed by atoms with E-state index >= 15 is 0 Å². The molecule has 0 aliphatic carbocycles. The predicted molar refractivity (Wildman–Crippen MR) is 120 cm³/mol. The summed E-state index contributed by atoms with van der Waals surface area (Å²) < 4.78 is 22.6. The lowest BCUT2D eigenvalue weighted by Crippen LogP contribution is -2.02. The van der Waals surface area contributed by atoms with Crippen molar-refractivity contribution in [3.05, 3.63) is 77.4 Å². The summed E-state index contributed by atoms with van der Waals surface area (Å²) in [5, 5.41) is 10.3. The Kier molecular flexibility index (Phi) is 5.19. The molecule has 1 aliphatic heterocycles. The van der Waals surface area contributed by atoms with E-state index in [2.05, 4.69) is 6.07 Å². The fraction of sp³-hybridized carbons (Fsp3) is 0.192. The second kappa shape index (κ2) is 8.30.